The van der Waals surface area contributed by atoms with Crippen molar-refractivity contribution >= 4 is 11.9 Å². The van der Waals surface area contributed by atoms with Gasteiger partial charge in [-0.2, -0.15) is 5.10 Å². The zero-order chi connectivity index (χ0) is 24.9. The van der Waals surface area contributed by atoms with Crippen LogP contribution in [0.15, 0.2) is 48.5 Å². The predicted octanol–water partition coefficient (Wildman–Crippen LogP) is 4.11. The van der Waals surface area contributed by atoms with Crippen LogP contribution in [0, 0.1) is 11.7 Å². The molecule has 1 fully saturated rings. The molecule has 9 heteroatoms. The van der Waals surface area contributed by atoms with Gasteiger partial charge in [-0.3, -0.25) is 9.59 Å². The zero-order valence-electron chi connectivity index (χ0n) is 20.0. The van der Waals surface area contributed by atoms with Crippen molar-refractivity contribution in [2.24, 2.45) is 5.92 Å². The van der Waals surface area contributed by atoms with Crippen LogP contribution in [0.5, 0.6) is 11.5 Å². The van der Waals surface area contributed by atoms with Gasteiger partial charge in [0.25, 0.3) is 5.91 Å². The van der Waals surface area contributed by atoms with Gasteiger partial charge in [-0.15, -0.1) is 0 Å². The first-order valence-corrected chi connectivity index (χ1v) is 11.5. The lowest BCUT2D eigenvalue weighted by atomic mass is 9.98. The van der Waals surface area contributed by atoms with Crippen LogP contribution in [-0.4, -0.2) is 60.5 Å². The van der Waals surface area contributed by atoms with Crippen molar-refractivity contribution in [2.75, 3.05) is 33.9 Å². The highest BCUT2D eigenvalue weighted by molar-refractivity contribution is 5.95. The number of hydrogen-bond donors (Lipinski definition) is 0. The molecule has 0 saturated carbocycles. The predicted molar refractivity (Wildman–Crippen MR) is 127 cm³/mol. The summed E-state index contributed by atoms with van der Waals surface area (Å²) in [5.41, 5.74) is 2.02. The lowest BCUT2D eigenvalue weighted by Gasteiger charge is -2.31. The third-order valence-corrected chi connectivity index (χ3v) is 6.01. The maximum atomic E-state index is 13.7. The van der Waals surface area contributed by atoms with Gasteiger partial charge in [0, 0.05) is 24.7 Å². The molecular weight excluding hydrogens is 453 g/mol. The van der Waals surface area contributed by atoms with Gasteiger partial charge in [0.2, 0.25) is 0 Å². The van der Waals surface area contributed by atoms with Crippen LogP contribution in [0.2, 0.25) is 0 Å². The number of halogens is 1. The van der Waals surface area contributed by atoms with Gasteiger partial charge >= 0.3 is 5.97 Å². The zero-order valence-corrected chi connectivity index (χ0v) is 20.0. The molecule has 1 saturated heterocycles. The van der Waals surface area contributed by atoms with E-state index in [-0.39, 0.29) is 30.2 Å². The number of rotatable bonds is 7. The molecule has 1 unspecified atom stereocenters. The summed E-state index contributed by atoms with van der Waals surface area (Å²) < 4.78 is 31.1. The van der Waals surface area contributed by atoms with Gasteiger partial charge in [0.1, 0.15) is 23.0 Å². The summed E-state index contributed by atoms with van der Waals surface area (Å²) in [5, 5.41) is 4.68. The number of ether oxygens (including phenoxy) is 3. The first-order chi connectivity index (χ1) is 16.9. The Morgan fingerprint density at radius 2 is 1.86 bits per heavy atom. The monoisotopic (exact) mass is 481 g/mol. The van der Waals surface area contributed by atoms with Gasteiger partial charge in [-0.05, 0) is 62.2 Å². The molecule has 0 radical (unpaired) electrons. The summed E-state index contributed by atoms with van der Waals surface area (Å²) in [5.74, 6) is -0.156. The molecule has 8 nitrogen and oxygen atoms in total. The first kappa shape index (κ1) is 24.3. The lowest BCUT2D eigenvalue weighted by molar-refractivity contribution is -0.149. The van der Waals surface area contributed by atoms with Crippen molar-refractivity contribution in [1.29, 1.82) is 0 Å². The van der Waals surface area contributed by atoms with Crippen LogP contribution < -0.4 is 9.47 Å². The standard InChI is InChI=1S/C26H28FN3O5/c1-4-35-26(32)17-6-5-13-29(16-17)25(31)23-15-22(21-12-11-20(33-2)14-24(21)34-3)28-30(23)19-9-7-18(27)8-10-19/h7-12,14-15,17H,4-6,13,16H2,1-3H3. The van der Waals surface area contributed by atoms with Gasteiger partial charge in [0.05, 0.1) is 38.1 Å². The Morgan fingerprint density at radius 1 is 1.09 bits per heavy atom. The van der Waals surface area contributed by atoms with Crippen molar-refractivity contribution in [1.82, 2.24) is 14.7 Å². The number of likely N-dealkylation sites (tertiary alicyclic amines) is 1. The van der Waals surface area contributed by atoms with E-state index in [2.05, 4.69) is 5.10 Å². The van der Waals surface area contributed by atoms with E-state index >= 15 is 0 Å². The fourth-order valence-electron chi connectivity index (χ4n) is 4.23. The number of aromatic nitrogens is 2. The molecule has 1 atom stereocenters. The number of amides is 1. The maximum Gasteiger partial charge on any atom is 0.310 e. The summed E-state index contributed by atoms with van der Waals surface area (Å²) in [7, 11) is 3.11. The molecule has 35 heavy (non-hydrogen) atoms. The van der Waals surface area contributed by atoms with Gasteiger partial charge in [-0.1, -0.05) is 0 Å². The van der Waals surface area contributed by atoms with E-state index in [0.29, 0.717) is 60.1 Å². The van der Waals surface area contributed by atoms with Crippen molar-refractivity contribution in [3.05, 3.63) is 60.0 Å². The van der Waals surface area contributed by atoms with Gasteiger partial charge in [0.15, 0.2) is 0 Å². The van der Waals surface area contributed by atoms with Gasteiger partial charge < -0.3 is 19.1 Å². The molecule has 1 aliphatic rings. The Hall–Kier alpha value is -3.88. The highest BCUT2D eigenvalue weighted by Gasteiger charge is 2.32. The molecule has 1 amide bonds. The van der Waals surface area contributed by atoms with E-state index in [1.54, 1.807) is 62.4 Å². The van der Waals surface area contributed by atoms with Crippen LogP contribution in [-0.2, 0) is 9.53 Å². The highest BCUT2D eigenvalue weighted by atomic mass is 19.1. The molecule has 1 aliphatic heterocycles. The minimum absolute atomic E-state index is 0.269. The summed E-state index contributed by atoms with van der Waals surface area (Å²) in [4.78, 5) is 27.6. The second-order valence-corrected chi connectivity index (χ2v) is 8.21. The SMILES string of the molecule is CCOC(=O)C1CCCN(C(=O)c2cc(-c3ccc(OC)cc3OC)nn2-c2ccc(F)cc2)C1. The molecule has 0 aliphatic carbocycles. The number of methoxy groups -OCH3 is 2. The van der Waals surface area contributed by atoms with Gasteiger partial charge in [-0.25, -0.2) is 9.07 Å². The number of hydrogen-bond acceptors (Lipinski definition) is 6. The number of nitrogens with zero attached hydrogens (tertiary/aromatic N) is 3. The van der Waals surface area contributed by atoms with Crippen molar-refractivity contribution < 1.29 is 28.2 Å². The number of benzene rings is 2. The summed E-state index contributed by atoms with van der Waals surface area (Å²) in [6.07, 6.45) is 1.37. The molecule has 0 spiro atoms. The number of piperidine rings is 1. The minimum Gasteiger partial charge on any atom is -0.497 e. The summed E-state index contributed by atoms with van der Waals surface area (Å²) in [6, 6.07) is 12.8. The normalized spacial score (nSPS) is 15.5. The molecule has 184 valence electrons. The van der Waals surface area contributed by atoms with E-state index < -0.39 is 0 Å². The number of esters is 1. The minimum atomic E-state index is -0.390. The van der Waals surface area contributed by atoms with E-state index in [1.807, 2.05) is 0 Å². The fourth-order valence-corrected chi connectivity index (χ4v) is 4.23. The van der Waals surface area contributed by atoms with E-state index in [0.717, 1.165) is 0 Å². The first-order valence-electron chi connectivity index (χ1n) is 11.5. The Morgan fingerprint density at radius 3 is 2.54 bits per heavy atom. The molecule has 0 N–H and O–H groups in total. The van der Waals surface area contributed by atoms with E-state index in [1.165, 1.54) is 16.8 Å². The van der Waals surface area contributed by atoms with Crippen molar-refractivity contribution in [3.63, 3.8) is 0 Å². The van der Waals surface area contributed by atoms with Crippen LogP contribution in [0.4, 0.5) is 4.39 Å². The second-order valence-electron chi connectivity index (χ2n) is 8.21. The Bertz CT molecular complexity index is 1210. The summed E-state index contributed by atoms with van der Waals surface area (Å²) in [6.45, 7) is 2.85. The average molecular weight is 482 g/mol. The second kappa shape index (κ2) is 10.6. The number of carbonyl (C=O) groups is 2. The Balaban J connectivity index is 1.74. The number of carbonyl (C=O) groups excluding carboxylic acids is 2. The third kappa shape index (κ3) is 5.13. The van der Waals surface area contributed by atoms with E-state index in [4.69, 9.17) is 14.2 Å². The smallest absolute Gasteiger partial charge is 0.310 e. The molecule has 4 rings (SSSR count). The molecule has 3 aromatic rings. The maximum absolute atomic E-state index is 13.7. The molecule has 2 aromatic carbocycles. The molecule has 2 heterocycles. The van der Waals surface area contributed by atoms with Crippen LogP contribution in [0.25, 0.3) is 16.9 Å². The van der Waals surface area contributed by atoms with Crippen molar-refractivity contribution in [2.45, 2.75) is 19.8 Å². The topological polar surface area (TPSA) is 82.9 Å². The lowest BCUT2D eigenvalue weighted by Crippen LogP contribution is -2.43. The quantitative estimate of drug-likeness (QED) is 0.473. The van der Waals surface area contributed by atoms with Crippen LogP contribution in [0.1, 0.15) is 30.3 Å². The molecular formula is C26H28FN3O5. The average Bonchev–Trinajstić information content (AvgIpc) is 3.33. The van der Waals surface area contributed by atoms with Crippen LogP contribution >= 0.6 is 0 Å². The third-order valence-electron chi connectivity index (χ3n) is 6.01. The Labute approximate surface area is 203 Å². The van der Waals surface area contributed by atoms with E-state index in [9.17, 15) is 14.0 Å². The Kier molecular flexibility index (Phi) is 7.33. The molecule has 1 aromatic heterocycles. The van der Waals surface area contributed by atoms with Crippen LogP contribution in [0.3, 0.4) is 0 Å². The molecule has 0 bridgehead atoms. The van der Waals surface area contributed by atoms with Crippen molar-refractivity contribution in [3.8, 4) is 28.4 Å². The summed E-state index contributed by atoms with van der Waals surface area (Å²) >= 11 is 0. The highest BCUT2D eigenvalue weighted by Crippen LogP contribution is 2.34. The largest absolute Gasteiger partial charge is 0.497 e. The fraction of sp³-hybridized carbons (Fsp3) is 0.346.